The number of carbonyl (C=O) groups is 1. The summed E-state index contributed by atoms with van der Waals surface area (Å²) < 4.78 is 59.9. The second-order valence-corrected chi connectivity index (χ2v) is 10.1. The first-order chi connectivity index (χ1) is 15.7. The molecule has 1 aliphatic rings. The number of aliphatic carboxylic acids is 1. The van der Waals surface area contributed by atoms with Gasteiger partial charge in [-0.1, -0.05) is 18.2 Å². The Hall–Kier alpha value is -2.63. The van der Waals surface area contributed by atoms with Crippen LogP contribution in [-0.2, 0) is 14.8 Å². The van der Waals surface area contributed by atoms with Crippen molar-refractivity contribution in [1.82, 2.24) is 4.31 Å². The minimum Gasteiger partial charge on any atom is -0.476 e. The predicted octanol–water partition coefficient (Wildman–Crippen LogP) is 4.57. The van der Waals surface area contributed by atoms with Gasteiger partial charge < -0.3 is 14.7 Å². The second kappa shape index (κ2) is 10.5. The van der Waals surface area contributed by atoms with Crippen molar-refractivity contribution < 1.29 is 31.8 Å². The van der Waals surface area contributed by atoms with E-state index in [1.54, 1.807) is 12.3 Å². The molecule has 0 saturated carbocycles. The minimum absolute atomic E-state index is 0.00449. The van der Waals surface area contributed by atoms with Crippen LogP contribution < -0.4 is 9.64 Å². The van der Waals surface area contributed by atoms with Gasteiger partial charge in [0.1, 0.15) is 16.9 Å². The first-order valence-electron chi connectivity index (χ1n) is 10.0. The van der Waals surface area contributed by atoms with Crippen molar-refractivity contribution in [3.8, 4) is 5.75 Å². The highest BCUT2D eigenvalue weighted by Crippen LogP contribution is 2.43. The second-order valence-electron chi connectivity index (χ2n) is 7.31. The van der Waals surface area contributed by atoms with Crippen molar-refractivity contribution in [3.63, 3.8) is 0 Å². The summed E-state index contributed by atoms with van der Waals surface area (Å²) in [4.78, 5) is 13.0. The number of alkyl halides is 1. The number of para-hydroxylation sites is 1. The Morgan fingerprint density at radius 2 is 2.00 bits per heavy atom. The number of sulfonamides is 1. The zero-order chi connectivity index (χ0) is 24.2. The Balaban J connectivity index is 2.21. The molecule has 1 aliphatic heterocycles. The summed E-state index contributed by atoms with van der Waals surface area (Å²) in [5, 5.41) is 8.73. The summed E-state index contributed by atoms with van der Waals surface area (Å²) in [7, 11) is -2.58. The molecule has 0 radical (unpaired) electrons. The molecule has 11 heteroatoms. The van der Waals surface area contributed by atoms with Gasteiger partial charge >= 0.3 is 5.97 Å². The maximum absolute atomic E-state index is 13.5. The normalized spacial score (nSPS) is 18.5. The van der Waals surface area contributed by atoms with Gasteiger partial charge in [0.25, 0.3) is 0 Å². The predicted molar refractivity (Wildman–Crippen MR) is 123 cm³/mol. The fourth-order valence-electron chi connectivity index (χ4n) is 3.58. The molecular formula is C22H24F2N2O5S2. The quantitative estimate of drug-likeness (QED) is 0.324. The summed E-state index contributed by atoms with van der Waals surface area (Å²) in [5.74, 6) is -3.31. The number of fused-ring (bicyclic) bond motifs is 1. The fraction of sp³-hybridized carbons (Fsp3) is 0.318. The molecule has 2 aromatic carbocycles. The van der Waals surface area contributed by atoms with E-state index in [9.17, 15) is 22.0 Å². The van der Waals surface area contributed by atoms with Gasteiger partial charge in [-0.3, -0.25) is 4.39 Å². The van der Waals surface area contributed by atoms with Gasteiger partial charge in [0.2, 0.25) is 15.9 Å². The molecule has 0 fully saturated rings. The van der Waals surface area contributed by atoms with E-state index >= 15 is 0 Å². The largest absolute Gasteiger partial charge is 0.476 e. The molecule has 0 spiro atoms. The molecule has 2 aromatic rings. The maximum atomic E-state index is 13.5. The van der Waals surface area contributed by atoms with Gasteiger partial charge in [-0.2, -0.15) is 8.70 Å². The number of ether oxygens (including phenoxy) is 1. The number of thioether (sulfide) groups is 1. The molecule has 0 amide bonds. The zero-order valence-corrected chi connectivity index (χ0v) is 19.7. The lowest BCUT2D eigenvalue weighted by Crippen LogP contribution is -2.40. The number of anilines is 2. The van der Waals surface area contributed by atoms with Crippen LogP contribution in [-0.4, -0.2) is 56.4 Å². The van der Waals surface area contributed by atoms with Gasteiger partial charge in [0, 0.05) is 31.4 Å². The molecule has 7 nitrogen and oxygen atoms in total. The van der Waals surface area contributed by atoms with Gasteiger partial charge in [-0.25, -0.2) is 13.2 Å². The van der Waals surface area contributed by atoms with Crippen molar-refractivity contribution in [2.75, 3.05) is 31.4 Å². The number of carboxylic acids is 1. The number of halogens is 2. The van der Waals surface area contributed by atoms with Crippen molar-refractivity contribution >= 4 is 39.1 Å². The number of benzene rings is 2. The van der Waals surface area contributed by atoms with E-state index in [-0.39, 0.29) is 17.1 Å². The van der Waals surface area contributed by atoms with Crippen molar-refractivity contribution in [2.24, 2.45) is 0 Å². The molecule has 33 heavy (non-hydrogen) atoms. The monoisotopic (exact) mass is 498 g/mol. The maximum Gasteiger partial charge on any atom is 0.368 e. The highest BCUT2D eigenvalue weighted by Gasteiger charge is 2.37. The fourth-order valence-corrected chi connectivity index (χ4v) is 5.68. The Morgan fingerprint density at radius 3 is 2.61 bits per heavy atom. The average molecular weight is 499 g/mol. The Bertz CT molecular complexity index is 1140. The van der Waals surface area contributed by atoms with Crippen LogP contribution in [0.25, 0.3) is 0 Å². The van der Waals surface area contributed by atoms with Gasteiger partial charge in [0.05, 0.1) is 17.3 Å². The lowest BCUT2D eigenvalue weighted by molar-refractivity contribution is -0.134. The summed E-state index contributed by atoms with van der Waals surface area (Å²) in [5.41, 5.74) is 1.15. The zero-order valence-electron chi connectivity index (χ0n) is 18.1. The highest BCUT2D eigenvalue weighted by atomic mass is 32.2. The number of hydrogen-bond acceptors (Lipinski definition) is 6. The molecular weight excluding hydrogens is 474 g/mol. The molecule has 3 rings (SSSR count). The Labute approximate surface area is 195 Å². The summed E-state index contributed by atoms with van der Waals surface area (Å²) in [6, 6.07) is 11.6. The van der Waals surface area contributed by atoms with E-state index in [1.807, 2.05) is 35.2 Å². The molecule has 1 N–H and O–H groups in total. The third-order valence-corrected chi connectivity index (χ3v) is 8.03. The highest BCUT2D eigenvalue weighted by molar-refractivity contribution is 7.98. The smallest absolute Gasteiger partial charge is 0.368 e. The van der Waals surface area contributed by atoms with Crippen LogP contribution in [0, 0.1) is 0 Å². The molecule has 1 heterocycles. The third-order valence-electron chi connectivity index (χ3n) is 5.33. The molecule has 0 aromatic heterocycles. The third kappa shape index (κ3) is 5.31. The van der Waals surface area contributed by atoms with Crippen LogP contribution in [0.15, 0.2) is 64.3 Å². The first-order valence-corrected chi connectivity index (χ1v) is 12.7. The van der Waals surface area contributed by atoms with Crippen LogP contribution in [0.4, 0.5) is 20.2 Å². The first kappa shape index (κ1) is 25.0. The van der Waals surface area contributed by atoms with Crippen molar-refractivity contribution in [2.45, 2.75) is 28.7 Å². The molecule has 1 atom stereocenters. The average Bonchev–Trinajstić information content (AvgIpc) is 2.89. The van der Waals surface area contributed by atoms with E-state index in [1.165, 1.54) is 29.2 Å². The standard InChI is InChI=1S/C22H24F2N2O5S2/c1-25-16(9-6-10-23)13-26(15-7-4-3-5-8-15)18-11-20(32-2)19(12-21(18)33(25,29)30)31-14-17(24)22(27)28/h3-5,7-8,11-12,14,16H,6,9-10,13H2,1-2H3,(H,27,28)/b17-14-. The number of hydrogen-bond donors (Lipinski definition) is 1. The summed E-state index contributed by atoms with van der Waals surface area (Å²) in [6.45, 7) is -0.257. The Morgan fingerprint density at radius 1 is 1.30 bits per heavy atom. The van der Waals surface area contributed by atoms with Gasteiger partial charge in [0.15, 0.2) is 0 Å². The van der Waals surface area contributed by atoms with Gasteiger partial charge in [-0.05, 0) is 37.3 Å². The number of rotatable bonds is 8. The van der Waals surface area contributed by atoms with E-state index in [4.69, 9.17) is 9.84 Å². The van der Waals surface area contributed by atoms with E-state index in [0.29, 0.717) is 29.8 Å². The Kier molecular flexibility index (Phi) is 7.98. The lowest BCUT2D eigenvalue weighted by atomic mass is 10.1. The van der Waals surface area contributed by atoms with E-state index in [0.717, 1.165) is 5.69 Å². The van der Waals surface area contributed by atoms with Crippen LogP contribution in [0.2, 0.25) is 0 Å². The van der Waals surface area contributed by atoms with Crippen LogP contribution in [0.3, 0.4) is 0 Å². The number of nitrogens with zero attached hydrogens (tertiary/aromatic N) is 2. The van der Waals surface area contributed by atoms with Gasteiger partial charge in [-0.15, -0.1) is 11.8 Å². The van der Waals surface area contributed by atoms with Crippen molar-refractivity contribution in [1.29, 1.82) is 0 Å². The van der Waals surface area contributed by atoms with Crippen LogP contribution in [0.1, 0.15) is 12.8 Å². The molecule has 1 unspecified atom stereocenters. The number of carboxylic acid groups (broad SMARTS) is 1. The summed E-state index contributed by atoms with van der Waals surface area (Å²) in [6.07, 6.45) is 2.71. The SMILES string of the molecule is CSc1cc2c(cc1O/C=C(\F)C(=O)O)S(=O)(=O)N(C)C(CCCF)CN2c1ccccc1. The number of likely N-dealkylation sites (N-methyl/N-ethyl adjacent to an activating group) is 1. The van der Waals surface area contributed by atoms with Crippen molar-refractivity contribution in [3.05, 3.63) is 54.6 Å². The topological polar surface area (TPSA) is 87.1 Å². The molecule has 0 bridgehead atoms. The van der Waals surface area contributed by atoms with Crippen LogP contribution in [0.5, 0.6) is 5.75 Å². The summed E-state index contributed by atoms with van der Waals surface area (Å²) >= 11 is 1.24. The lowest BCUT2D eigenvalue weighted by Gasteiger charge is -2.29. The van der Waals surface area contributed by atoms with E-state index < -0.39 is 34.5 Å². The van der Waals surface area contributed by atoms with Crippen LogP contribution >= 0.6 is 11.8 Å². The minimum atomic E-state index is -4.03. The molecule has 0 saturated heterocycles. The molecule has 178 valence electrons. The molecule has 0 aliphatic carbocycles. The van der Waals surface area contributed by atoms with E-state index in [2.05, 4.69) is 0 Å².